The topological polar surface area (TPSA) is 78.9 Å². The number of hydrogen-bond acceptors (Lipinski definition) is 6. The van der Waals surface area contributed by atoms with Crippen LogP contribution in [-0.2, 0) is 28.6 Å². The summed E-state index contributed by atoms with van der Waals surface area (Å²) in [6.45, 7) is 6.65. The predicted octanol–water partition coefficient (Wildman–Crippen LogP) is 22.9. The van der Waals surface area contributed by atoms with E-state index in [0.717, 1.165) is 83.5 Å². The molecule has 0 aromatic rings. The highest BCUT2D eigenvalue weighted by atomic mass is 16.6. The maximum Gasteiger partial charge on any atom is 0.306 e. The highest BCUT2D eigenvalue weighted by Gasteiger charge is 2.19. The quantitative estimate of drug-likeness (QED) is 0.0261. The predicted molar refractivity (Wildman–Crippen MR) is 330 cm³/mol. The average molecular weight is 1070 g/mol. The molecular formula is C70H128O6. The van der Waals surface area contributed by atoms with Crippen LogP contribution in [0.1, 0.15) is 361 Å². The molecule has 0 saturated heterocycles. The number of ether oxygens (including phenoxy) is 3. The molecule has 0 aromatic carbocycles. The second-order valence-electron chi connectivity index (χ2n) is 22.7. The average Bonchev–Trinajstić information content (AvgIpc) is 3.42. The molecule has 0 aliphatic carbocycles. The lowest BCUT2D eigenvalue weighted by molar-refractivity contribution is -0.167. The van der Waals surface area contributed by atoms with Crippen LogP contribution in [0.5, 0.6) is 0 Å². The monoisotopic (exact) mass is 1060 g/mol. The van der Waals surface area contributed by atoms with Gasteiger partial charge in [-0.05, 0) is 83.5 Å². The molecule has 0 saturated carbocycles. The minimum absolute atomic E-state index is 0.0739. The zero-order valence-electron chi connectivity index (χ0n) is 51.0. The first-order chi connectivity index (χ1) is 37.5. The molecule has 0 radical (unpaired) electrons. The third-order valence-electron chi connectivity index (χ3n) is 15.1. The second kappa shape index (κ2) is 64.9. The van der Waals surface area contributed by atoms with Gasteiger partial charge in [0.2, 0.25) is 0 Å². The molecule has 1 unspecified atom stereocenters. The highest BCUT2D eigenvalue weighted by molar-refractivity contribution is 5.71. The van der Waals surface area contributed by atoms with Crippen LogP contribution in [0, 0.1) is 0 Å². The fourth-order valence-electron chi connectivity index (χ4n) is 9.98. The van der Waals surface area contributed by atoms with Gasteiger partial charge in [-0.1, -0.05) is 307 Å². The molecule has 0 spiro atoms. The molecule has 0 bridgehead atoms. The molecular weight excluding hydrogens is 937 g/mol. The van der Waals surface area contributed by atoms with Crippen molar-refractivity contribution in [3.8, 4) is 0 Å². The number of rotatable bonds is 62. The Balaban J connectivity index is 4.29. The second-order valence-corrected chi connectivity index (χ2v) is 22.7. The molecule has 0 fully saturated rings. The van der Waals surface area contributed by atoms with Crippen molar-refractivity contribution in [2.24, 2.45) is 0 Å². The molecule has 0 amide bonds. The van der Waals surface area contributed by atoms with E-state index in [1.807, 2.05) is 0 Å². The molecule has 76 heavy (non-hydrogen) atoms. The molecule has 0 rings (SSSR count). The van der Waals surface area contributed by atoms with Crippen LogP contribution in [0.15, 0.2) is 48.6 Å². The number of carbonyl (C=O) groups is 3. The lowest BCUT2D eigenvalue weighted by Gasteiger charge is -2.18. The summed E-state index contributed by atoms with van der Waals surface area (Å²) in [6.07, 6.45) is 81.2. The number of allylic oxidation sites excluding steroid dienone is 8. The summed E-state index contributed by atoms with van der Waals surface area (Å²) < 4.78 is 17.0. The molecule has 0 aliphatic heterocycles. The summed E-state index contributed by atoms with van der Waals surface area (Å²) in [5, 5.41) is 0. The standard InChI is InChI=1S/C70H128O6/c1-4-7-10-13-16-19-22-25-28-30-32-33-34-35-36-37-38-40-42-45-48-51-54-57-60-63-69(72)75-66-67(65-74-68(71)62-59-56-53-50-47-44-41-27-24-21-18-15-12-9-6-3)76-70(73)64-61-58-55-52-49-46-43-39-31-29-26-23-20-17-14-11-8-5-2/h18,21-22,25,27,30,32,41,67H,4-17,19-20,23-24,26,28-29,31,33-40,42-66H2,1-3H3/b21-18-,25-22-,32-30-,41-27-. The van der Waals surface area contributed by atoms with Crippen molar-refractivity contribution in [2.75, 3.05) is 13.2 Å². The van der Waals surface area contributed by atoms with E-state index < -0.39 is 6.10 Å². The maximum atomic E-state index is 12.9. The van der Waals surface area contributed by atoms with Crippen molar-refractivity contribution in [1.29, 1.82) is 0 Å². The third-order valence-corrected chi connectivity index (χ3v) is 15.1. The van der Waals surface area contributed by atoms with Crippen molar-refractivity contribution in [1.82, 2.24) is 0 Å². The molecule has 444 valence electrons. The summed E-state index contributed by atoms with van der Waals surface area (Å²) >= 11 is 0. The first kappa shape index (κ1) is 73.4. The van der Waals surface area contributed by atoms with Crippen LogP contribution in [0.25, 0.3) is 0 Å². The van der Waals surface area contributed by atoms with E-state index in [1.165, 1.54) is 238 Å². The van der Waals surface area contributed by atoms with Crippen LogP contribution in [0.4, 0.5) is 0 Å². The first-order valence-corrected chi connectivity index (χ1v) is 33.6. The number of esters is 3. The van der Waals surface area contributed by atoms with Gasteiger partial charge in [-0.3, -0.25) is 14.4 Å². The van der Waals surface area contributed by atoms with Crippen LogP contribution in [-0.4, -0.2) is 37.2 Å². The van der Waals surface area contributed by atoms with Crippen molar-refractivity contribution in [3.05, 3.63) is 48.6 Å². The smallest absolute Gasteiger partial charge is 0.306 e. The zero-order chi connectivity index (χ0) is 55.0. The molecule has 0 aromatic heterocycles. The Morgan fingerprint density at radius 1 is 0.263 bits per heavy atom. The van der Waals surface area contributed by atoms with E-state index in [4.69, 9.17) is 14.2 Å². The van der Waals surface area contributed by atoms with E-state index in [9.17, 15) is 14.4 Å². The number of unbranched alkanes of at least 4 members (excludes halogenated alkanes) is 43. The zero-order valence-corrected chi connectivity index (χ0v) is 51.0. The van der Waals surface area contributed by atoms with Gasteiger partial charge in [0, 0.05) is 19.3 Å². The van der Waals surface area contributed by atoms with Crippen LogP contribution in [0.2, 0.25) is 0 Å². The lowest BCUT2D eigenvalue weighted by Crippen LogP contribution is -2.30. The maximum absolute atomic E-state index is 12.9. The summed E-state index contributed by atoms with van der Waals surface area (Å²) in [6, 6.07) is 0. The Kier molecular flexibility index (Phi) is 62.6. The normalized spacial score (nSPS) is 12.3. The summed E-state index contributed by atoms with van der Waals surface area (Å²) in [7, 11) is 0. The Bertz CT molecular complexity index is 1310. The van der Waals surface area contributed by atoms with Crippen molar-refractivity contribution >= 4 is 17.9 Å². The van der Waals surface area contributed by atoms with Gasteiger partial charge in [-0.2, -0.15) is 0 Å². The van der Waals surface area contributed by atoms with Gasteiger partial charge in [0.25, 0.3) is 0 Å². The summed E-state index contributed by atoms with van der Waals surface area (Å²) in [5.41, 5.74) is 0. The molecule has 0 N–H and O–H groups in total. The Labute approximate surface area is 473 Å². The van der Waals surface area contributed by atoms with Gasteiger partial charge in [-0.25, -0.2) is 0 Å². The van der Waals surface area contributed by atoms with E-state index >= 15 is 0 Å². The van der Waals surface area contributed by atoms with Gasteiger partial charge >= 0.3 is 17.9 Å². The lowest BCUT2D eigenvalue weighted by atomic mass is 10.0. The molecule has 6 heteroatoms. The fraction of sp³-hybridized carbons (Fsp3) is 0.843. The Morgan fingerprint density at radius 3 is 0.750 bits per heavy atom. The van der Waals surface area contributed by atoms with Gasteiger partial charge in [-0.15, -0.1) is 0 Å². The largest absolute Gasteiger partial charge is 0.462 e. The van der Waals surface area contributed by atoms with Crippen molar-refractivity contribution in [2.45, 2.75) is 367 Å². The Hall–Kier alpha value is -2.63. The van der Waals surface area contributed by atoms with Gasteiger partial charge in [0.15, 0.2) is 6.10 Å². The molecule has 0 heterocycles. The van der Waals surface area contributed by atoms with Crippen LogP contribution in [0.3, 0.4) is 0 Å². The Morgan fingerprint density at radius 2 is 0.474 bits per heavy atom. The SMILES string of the molecule is CCCCC/C=C\C/C=C\CCCCCCCC(=O)OCC(COC(=O)CCCCCCCCCCCCCCC/C=C\C/C=C\CCCCCCC)OC(=O)CCCCCCCCCCCCCCCCCCCC. The van der Waals surface area contributed by atoms with Gasteiger partial charge in [0.1, 0.15) is 13.2 Å². The van der Waals surface area contributed by atoms with Gasteiger partial charge in [0.05, 0.1) is 0 Å². The highest BCUT2D eigenvalue weighted by Crippen LogP contribution is 2.18. The third kappa shape index (κ3) is 62.2. The first-order valence-electron chi connectivity index (χ1n) is 33.6. The van der Waals surface area contributed by atoms with Crippen LogP contribution < -0.4 is 0 Å². The fourth-order valence-corrected chi connectivity index (χ4v) is 9.98. The minimum atomic E-state index is -0.778. The van der Waals surface area contributed by atoms with Crippen molar-refractivity contribution < 1.29 is 28.6 Å². The van der Waals surface area contributed by atoms with E-state index in [1.54, 1.807) is 0 Å². The van der Waals surface area contributed by atoms with Crippen LogP contribution >= 0.6 is 0 Å². The van der Waals surface area contributed by atoms with E-state index in [0.29, 0.717) is 19.3 Å². The van der Waals surface area contributed by atoms with E-state index in [2.05, 4.69) is 69.4 Å². The molecule has 0 aliphatic rings. The minimum Gasteiger partial charge on any atom is -0.462 e. The van der Waals surface area contributed by atoms with Gasteiger partial charge < -0.3 is 14.2 Å². The van der Waals surface area contributed by atoms with E-state index in [-0.39, 0.29) is 31.1 Å². The number of hydrogen-bond donors (Lipinski definition) is 0. The summed E-state index contributed by atoms with van der Waals surface area (Å²) in [5.74, 6) is -0.865. The number of carbonyl (C=O) groups excluding carboxylic acids is 3. The molecule has 6 nitrogen and oxygen atoms in total. The van der Waals surface area contributed by atoms with Crippen molar-refractivity contribution in [3.63, 3.8) is 0 Å². The molecule has 1 atom stereocenters. The summed E-state index contributed by atoms with van der Waals surface area (Å²) in [4.78, 5) is 38.4.